The molecular weight excluding hydrogens is 282 g/mol. The zero-order valence-corrected chi connectivity index (χ0v) is 12.6. The molecular formula is C17H19NO4. The van der Waals surface area contributed by atoms with Crippen LogP contribution in [0.4, 0.5) is 0 Å². The monoisotopic (exact) mass is 301 g/mol. The Morgan fingerprint density at radius 1 is 1.18 bits per heavy atom. The first-order chi connectivity index (χ1) is 10.6. The number of rotatable bonds is 5. The van der Waals surface area contributed by atoms with Crippen LogP contribution in [-0.4, -0.2) is 36.3 Å². The van der Waals surface area contributed by atoms with Gasteiger partial charge < -0.3 is 4.74 Å². The lowest BCUT2D eigenvalue weighted by atomic mass is 9.73. The van der Waals surface area contributed by atoms with Crippen molar-refractivity contribution in [3.63, 3.8) is 0 Å². The molecule has 0 bridgehead atoms. The highest BCUT2D eigenvalue weighted by Gasteiger charge is 2.37. The predicted octanol–water partition coefficient (Wildman–Crippen LogP) is 2.26. The second-order valence-electron chi connectivity index (χ2n) is 6.01. The van der Waals surface area contributed by atoms with Gasteiger partial charge in [0.2, 0.25) is 0 Å². The number of imide groups is 1. The minimum atomic E-state index is -0.193. The van der Waals surface area contributed by atoms with E-state index in [1.807, 2.05) is 0 Å². The van der Waals surface area contributed by atoms with Crippen LogP contribution in [0.15, 0.2) is 24.3 Å². The van der Waals surface area contributed by atoms with Crippen LogP contribution in [0.2, 0.25) is 0 Å². The quantitative estimate of drug-likeness (QED) is 0.618. The van der Waals surface area contributed by atoms with E-state index in [0.717, 1.165) is 25.7 Å². The fourth-order valence-electron chi connectivity index (χ4n) is 3.31. The lowest BCUT2D eigenvalue weighted by molar-refractivity contribution is -0.150. The van der Waals surface area contributed by atoms with Gasteiger partial charge in [-0.1, -0.05) is 12.1 Å². The van der Waals surface area contributed by atoms with Crippen molar-refractivity contribution in [3.8, 4) is 0 Å². The average Bonchev–Trinajstić information content (AvgIpc) is 2.74. The summed E-state index contributed by atoms with van der Waals surface area (Å²) in [5.41, 5.74) is 1.00. The van der Waals surface area contributed by atoms with E-state index in [4.69, 9.17) is 4.74 Å². The Bertz CT molecular complexity index is 584. The molecule has 1 aliphatic heterocycles. The summed E-state index contributed by atoms with van der Waals surface area (Å²) in [5.74, 6) is 0.0217. The van der Waals surface area contributed by atoms with Gasteiger partial charge in [0.25, 0.3) is 11.8 Å². The first-order valence-corrected chi connectivity index (χ1v) is 7.65. The van der Waals surface area contributed by atoms with Gasteiger partial charge in [0, 0.05) is 6.54 Å². The molecule has 5 heteroatoms. The number of fused-ring (bicyclic) bond motifs is 1. The summed E-state index contributed by atoms with van der Waals surface area (Å²) in [6, 6.07) is 6.94. The highest BCUT2D eigenvalue weighted by atomic mass is 16.5. The van der Waals surface area contributed by atoms with E-state index in [0.29, 0.717) is 23.6 Å². The molecule has 3 rings (SSSR count). The van der Waals surface area contributed by atoms with Crippen molar-refractivity contribution in [1.82, 2.24) is 4.90 Å². The maximum Gasteiger partial charge on any atom is 0.308 e. The molecule has 1 fully saturated rings. The molecule has 116 valence electrons. The van der Waals surface area contributed by atoms with Crippen molar-refractivity contribution < 1.29 is 19.1 Å². The summed E-state index contributed by atoms with van der Waals surface area (Å²) in [4.78, 5) is 37.0. The van der Waals surface area contributed by atoms with Gasteiger partial charge in [-0.05, 0) is 43.7 Å². The molecule has 1 saturated carbocycles. The standard InChI is InChI=1S/C17H19NO4/c1-22-17(21)12-9-11(10-12)5-4-8-18-15(19)13-6-2-3-7-14(13)16(18)20/h2-3,6-7,11-12H,4-5,8-10H2,1H3. The summed E-state index contributed by atoms with van der Waals surface area (Å²) in [6.45, 7) is 0.450. The van der Waals surface area contributed by atoms with Crippen LogP contribution in [0.3, 0.4) is 0 Å². The first-order valence-electron chi connectivity index (χ1n) is 7.65. The van der Waals surface area contributed by atoms with Crippen molar-refractivity contribution in [2.45, 2.75) is 25.7 Å². The zero-order chi connectivity index (χ0) is 15.7. The molecule has 0 atom stereocenters. The molecule has 1 heterocycles. The molecule has 5 nitrogen and oxygen atoms in total. The molecule has 0 radical (unpaired) electrons. The summed E-state index contributed by atoms with van der Waals surface area (Å²) >= 11 is 0. The van der Waals surface area contributed by atoms with E-state index in [-0.39, 0.29) is 23.7 Å². The zero-order valence-electron chi connectivity index (χ0n) is 12.6. The smallest absolute Gasteiger partial charge is 0.308 e. The van der Waals surface area contributed by atoms with Crippen molar-refractivity contribution in [2.75, 3.05) is 13.7 Å². The van der Waals surface area contributed by atoms with Crippen LogP contribution in [0.25, 0.3) is 0 Å². The van der Waals surface area contributed by atoms with Crippen LogP contribution in [0.5, 0.6) is 0 Å². The molecule has 0 N–H and O–H groups in total. The third kappa shape index (κ3) is 2.51. The Balaban J connectivity index is 1.47. The highest BCUT2D eigenvalue weighted by Crippen LogP contribution is 2.37. The maximum absolute atomic E-state index is 12.2. The predicted molar refractivity (Wildman–Crippen MR) is 79.3 cm³/mol. The Morgan fingerprint density at radius 2 is 1.77 bits per heavy atom. The van der Waals surface area contributed by atoms with E-state index in [9.17, 15) is 14.4 Å². The third-order valence-corrected chi connectivity index (χ3v) is 4.64. The van der Waals surface area contributed by atoms with Crippen LogP contribution in [-0.2, 0) is 9.53 Å². The number of benzene rings is 1. The topological polar surface area (TPSA) is 63.7 Å². The Kier molecular flexibility index (Phi) is 3.96. The molecule has 0 aromatic heterocycles. The summed E-state index contributed by atoms with van der Waals surface area (Å²) in [6.07, 6.45) is 3.43. The lowest BCUT2D eigenvalue weighted by Crippen LogP contribution is -2.33. The van der Waals surface area contributed by atoms with Gasteiger partial charge in [0.05, 0.1) is 24.2 Å². The second-order valence-corrected chi connectivity index (χ2v) is 6.01. The number of esters is 1. The van der Waals surface area contributed by atoms with Gasteiger partial charge in [0.15, 0.2) is 0 Å². The molecule has 1 aromatic rings. The van der Waals surface area contributed by atoms with E-state index in [1.54, 1.807) is 24.3 Å². The van der Waals surface area contributed by atoms with Gasteiger partial charge in [-0.3, -0.25) is 19.3 Å². The van der Waals surface area contributed by atoms with E-state index in [1.165, 1.54) is 12.0 Å². The van der Waals surface area contributed by atoms with Gasteiger partial charge in [0.1, 0.15) is 0 Å². The van der Waals surface area contributed by atoms with Crippen molar-refractivity contribution >= 4 is 17.8 Å². The SMILES string of the molecule is COC(=O)C1CC(CCCN2C(=O)c3ccccc3C2=O)C1. The van der Waals surface area contributed by atoms with Gasteiger partial charge >= 0.3 is 5.97 Å². The number of amides is 2. The van der Waals surface area contributed by atoms with Crippen molar-refractivity contribution in [1.29, 1.82) is 0 Å². The minimum absolute atomic E-state index is 0.0364. The number of hydrogen-bond acceptors (Lipinski definition) is 4. The van der Waals surface area contributed by atoms with Crippen LogP contribution in [0, 0.1) is 11.8 Å². The molecule has 0 saturated heterocycles. The van der Waals surface area contributed by atoms with E-state index >= 15 is 0 Å². The number of nitrogens with zero attached hydrogens (tertiary/aromatic N) is 1. The Hall–Kier alpha value is -2.17. The first kappa shape index (κ1) is 14.8. The fourth-order valence-corrected chi connectivity index (χ4v) is 3.31. The van der Waals surface area contributed by atoms with Gasteiger partial charge in [-0.2, -0.15) is 0 Å². The molecule has 1 aliphatic carbocycles. The minimum Gasteiger partial charge on any atom is -0.469 e. The molecule has 1 aromatic carbocycles. The second kappa shape index (κ2) is 5.91. The van der Waals surface area contributed by atoms with Crippen LogP contribution < -0.4 is 0 Å². The summed E-state index contributed by atoms with van der Waals surface area (Å²) in [5, 5.41) is 0. The Labute approximate surface area is 129 Å². The largest absolute Gasteiger partial charge is 0.469 e. The molecule has 22 heavy (non-hydrogen) atoms. The summed E-state index contributed by atoms with van der Waals surface area (Å²) in [7, 11) is 1.41. The van der Waals surface area contributed by atoms with E-state index in [2.05, 4.69) is 0 Å². The maximum atomic E-state index is 12.2. The van der Waals surface area contributed by atoms with Crippen molar-refractivity contribution in [2.24, 2.45) is 11.8 Å². The molecule has 0 spiro atoms. The molecule has 0 unspecified atom stereocenters. The molecule has 2 aliphatic rings. The van der Waals surface area contributed by atoms with E-state index < -0.39 is 0 Å². The third-order valence-electron chi connectivity index (χ3n) is 4.64. The van der Waals surface area contributed by atoms with Gasteiger partial charge in [-0.25, -0.2) is 0 Å². The molecule has 2 amide bonds. The highest BCUT2D eigenvalue weighted by molar-refractivity contribution is 6.21. The average molecular weight is 301 g/mol. The number of carbonyl (C=O) groups excluding carboxylic acids is 3. The normalized spacial score (nSPS) is 23.2. The van der Waals surface area contributed by atoms with Crippen molar-refractivity contribution in [3.05, 3.63) is 35.4 Å². The number of hydrogen-bond donors (Lipinski definition) is 0. The number of ether oxygens (including phenoxy) is 1. The summed E-state index contributed by atoms with van der Waals surface area (Å²) < 4.78 is 4.72. The van der Waals surface area contributed by atoms with Crippen LogP contribution in [0.1, 0.15) is 46.4 Å². The van der Waals surface area contributed by atoms with Crippen LogP contribution >= 0.6 is 0 Å². The fraction of sp³-hybridized carbons (Fsp3) is 0.471. The number of methoxy groups -OCH3 is 1. The van der Waals surface area contributed by atoms with Gasteiger partial charge in [-0.15, -0.1) is 0 Å². The number of carbonyl (C=O) groups is 3. The Morgan fingerprint density at radius 3 is 2.32 bits per heavy atom. The lowest BCUT2D eigenvalue weighted by Gasteiger charge is -2.33.